The molecule has 1 aliphatic rings. The summed E-state index contributed by atoms with van der Waals surface area (Å²) in [5, 5.41) is 0. The topological polar surface area (TPSA) is 49.4 Å². The quantitative estimate of drug-likeness (QED) is 0.838. The van der Waals surface area contributed by atoms with E-state index in [2.05, 4.69) is 23.5 Å². The molecule has 1 saturated heterocycles. The lowest BCUT2D eigenvalue weighted by Crippen LogP contribution is -2.40. The molecule has 4 nitrogen and oxygen atoms in total. The Morgan fingerprint density at radius 3 is 2.41 bits per heavy atom. The van der Waals surface area contributed by atoms with Crippen LogP contribution in [0.15, 0.2) is 30.3 Å². The highest BCUT2D eigenvalue weighted by molar-refractivity contribution is 7.88. The van der Waals surface area contributed by atoms with E-state index in [1.807, 2.05) is 30.3 Å². The summed E-state index contributed by atoms with van der Waals surface area (Å²) in [6.07, 6.45) is 2.17. The van der Waals surface area contributed by atoms with E-state index in [0.717, 1.165) is 38.0 Å². The molecule has 0 bridgehead atoms. The van der Waals surface area contributed by atoms with Crippen molar-refractivity contribution in [2.75, 3.05) is 26.2 Å². The molecule has 1 heterocycles. The molecule has 1 aliphatic heterocycles. The minimum absolute atomic E-state index is 0.0695. The molecule has 0 spiro atoms. The van der Waals surface area contributed by atoms with Crippen LogP contribution in [0.25, 0.3) is 0 Å². The number of piperidine rings is 1. The molecule has 2 rings (SSSR count). The molecule has 0 aliphatic carbocycles. The Morgan fingerprint density at radius 1 is 1.18 bits per heavy atom. The summed E-state index contributed by atoms with van der Waals surface area (Å²) >= 11 is 0. The number of nitrogens with one attached hydrogen (secondary N) is 1. The number of rotatable bonds is 7. The molecule has 1 aromatic rings. The summed E-state index contributed by atoms with van der Waals surface area (Å²) in [6.45, 7) is 8.37. The fourth-order valence-electron chi connectivity index (χ4n) is 2.98. The maximum atomic E-state index is 12.1. The molecular formula is C17H28N2O2S. The van der Waals surface area contributed by atoms with Gasteiger partial charge in [-0.05, 0) is 43.3 Å². The molecule has 0 radical (unpaired) electrons. The molecular weight excluding hydrogens is 296 g/mol. The zero-order chi connectivity index (χ0) is 16.0. The zero-order valence-electron chi connectivity index (χ0n) is 13.7. The van der Waals surface area contributed by atoms with Crippen molar-refractivity contribution in [1.82, 2.24) is 9.62 Å². The third-order valence-corrected chi connectivity index (χ3v) is 5.44. The largest absolute Gasteiger partial charge is 0.303 e. The van der Waals surface area contributed by atoms with Crippen LogP contribution in [-0.2, 0) is 15.8 Å². The van der Waals surface area contributed by atoms with Crippen molar-refractivity contribution in [3.8, 4) is 0 Å². The van der Waals surface area contributed by atoms with E-state index in [9.17, 15) is 8.42 Å². The van der Waals surface area contributed by atoms with Crippen LogP contribution < -0.4 is 4.72 Å². The molecule has 1 aromatic carbocycles. The number of hydrogen-bond donors (Lipinski definition) is 1. The lowest BCUT2D eigenvalue weighted by Gasteiger charge is -2.33. The molecule has 124 valence electrons. The van der Waals surface area contributed by atoms with E-state index < -0.39 is 10.0 Å². The number of likely N-dealkylation sites (tertiary alicyclic amines) is 1. The lowest BCUT2D eigenvalue weighted by molar-refractivity contribution is 0.169. The molecule has 0 amide bonds. The first-order chi connectivity index (χ1) is 10.4. The van der Waals surface area contributed by atoms with Gasteiger partial charge in [-0.2, -0.15) is 0 Å². The summed E-state index contributed by atoms with van der Waals surface area (Å²) in [4.78, 5) is 2.49. The second kappa shape index (κ2) is 8.09. The van der Waals surface area contributed by atoms with Crippen LogP contribution in [0.2, 0.25) is 0 Å². The highest BCUT2D eigenvalue weighted by atomic mass is 32.2. The molecule has 1 fully saturated rings. The monoisotopic (exact) mass is 324 g/mol. The van der Waals surface area contributed by atoms with Gasteiger partial charge < -0.3 is 4.90 Å². The minimum Gasteiger partial charge on any atom is -0.303 e. The van der Waals surface area contributed by atoms with Gasteiger partial charge in [0.2, 0.25) is 10.0 Å². The fourth-order valence-corrected chi connectivity index (χ4v) is 4.20. The van der Waals surface area contributed by atoms with Crippen molar-refractivity contribution in [1.29, 1.82) is 0 Å². The van der Waals surface area contributed by atoms with Crippen LogP contribution in [0.3, 0.4) is 0 Å². The summed E-state index contributed by atoms with van der Waals surface area (Å²) < 4.78 is 27.0. The van der Waals surface area contributed by atoms with Gasteiger partial charge in [-0.1, -0.05) is 44.2 Å². The van der Waals surface area contributed by atoms with Crippen LogP contribution in [0.5, 0.6) is 0 Å². The average molecular weight is 324 g/mol. The lowest BCUT2D eigenvalue weighted by atomic mass is 9.96. The highest BCUT2D eigenvalue weighted by Gasteiger charge is 2.21. The van der Waals surface area contributed by atoms with Gasteiger partial charge in [-0.15, -0.1) is 0 Å². The van der Waals surface area contributed by atoms with Crippen molar-refractivity contribution in [3.05, 3.63) is 35.9 Å². The highest BCUT2D eigenvalue weighted by Crippen LogP contribution is 2.18. The third-order valence-electron chi connectivity index (χ3n) is 4.12. The summed E-state index contributed by atoms with van der Waals surface area (Å²) in [7, 11) is -3.23. The minimum atomic E-state index is -3.23. The van der Waals surface area contributed by atoms with E-state index >= 15 is 0 Å². The Bertz CT molecular complexity index is 535. The number of sulfonamides is 1. The first-order valence-electron chi connectivity index (χ1n) is 8.18. The fraction of sp³-hybridized carbons (Fsp3) is 0.647. The summed E-state index contributed by atoms with van der Waals surface area (Å²) in [5.41, 5.74) is 0.835. The second-order valence-corrected chi connectivity index (χ2v) is 8.54. The van der Waals surface area contributed by atoms with Crippen LogP contribution in [0, 0.1) is 11.8 Å². The van der Waals surface area contributed by atoms with Gasteiger partial charge in [-0.25, -0.2) is 13.1 Å². The smallest absolute Gasteiger partial charge is 0.215 e. The molecule has 5 heteroatoms. The maximum absolute atomic E-state index is 12.1. The van der Waals surface area contributed by atoms with Gasteiger partial charge in [0, 0.05) is 13.1 Å². The Kier molecular flexibility index (Phi) is 6.41. The van der Waals surface area contributed by atoms with E-state index in [1.54, 1.807) is 0 Å². The number of hydrogen-bond acceptors (Lipinski definition) is 3. The zero-order valence-corrected chi connectivity index (χ0v) is 14.5. The van der Waals surface area contributed by atoms with Crippen molar-refractivity contribution in [3.63, 3.8) is 0 Å². The van der Waals surface area contributed by atoms with Crippen molar-refractivity contribution in [2.45, 2.75) is 32.4 Å². The molecule has 0 aromatic heterocycles. The van der Waals surface area contributed by atoms with Crippen molar-refractivity contribution < 1.29 is 8.42 Å². The van der Waals surface area contributed by atoms with Crippen LogP contribution in [0.4, 0.5) is 0 Å². The van der Waals surface area contributed by atoms with Crippen molar-refractivity contribution >= 4 is 10.0 Å². The standard InChI is InChI=1S/C17H28N2O2S/c1-15(2)13-19-10-8-16(9-11-19)12-18-22(20,21)14-17-6-4-3-5-7-17/h3-7,15-16,18H,8-14H2,1-2H3. The van der Waals surface area contributed by atoms with Gasteiger partial charge >= 0.3 is 0 Å². The molecule has 0 unspecified atom stereocenters. The average Bonchev–Trinajstić information content (AvgIpc) is 2.47. The van der Waals surface area contributed by atoms with E-state index in [1.165, 1.54) is 0 Å². The van der Waals surface area contributed by atoms with Gasteiger partial charge in [0.25, 0.3) is 0 Å². The molecule has 0 atom stereocenters. The van der Waals surface area contributed by atoms with E-state index in [0.29, 0.717) is 18.4 Å². The molecule has 1 N–H and O–H groups in total. The Hall–Kier alpha value is -0.910. The molecule has 0 saturated carbocycles. The predicted octanol–water partition coefficient (Wildman–Crippen LogP) is 2.47. The summed E-state index contributed by atoms with van der Waals surface area (Å²) in [6, 6.07) is 9.34. The second-order valence-electron chi connectivity index (χ2n) is 6.73. The SMILES string of the molecule is CC(C)CN1CCC(CNS(=O)(=O)Cc2ccccc2)CC1. The Morgan fingerprint density at radius 2 is 1.82 bits per heavy atom. The first kappa shape index (κ1) is 17.4. The van der Waals surface area contributed by atoms with Gasteiger partial charge in [0.05, 0.1) is 5.75 Å². The predicted molar refractivity (Wildman–Crippen MR) is 91.1 cm³/mol. The Labute approximate surface area is 135 Å². The van der Waals surface area contributed by atoms with Gasteiger partial charge in [0.15, 0.2) is 0 Å². The number of nitrogens with zero attached hydrogens (tertiary/aromatic N) is 1. The van der Waals surface area contributed by atoms with Gasteiger partial charge in [0.1, 0.15) is 0 Å². The van der Waals surface area contributed by atoms with Gasteiger partial charge in [-0.3, -0.25) is 0 Å². The van der Waals surface area contributed by atoms with E-state index in [4.69, 9.17) is 0 Å². The number of benzene rings is 1. The normalized spacial score (nSPS) is 18.0. The van der Waals surface area contributed by atoms with Crippen LogP contribution >= 0.6 is 0 Å². The van der Waals surface area contributed by atoms with Crippen molar-refractivity contribution in [2.24, 2.45) is 11.8 Å². The van der Waals surface area contributed by atoms with E-state index in [-0.39, 0.29) is 5.75 Å². The third kappa shape index (κ3) is 6.07. The maximum Gasteiger partial charge on any atom is 0.215 e. The molecule has 22 heavy (non-hydrogen) atoms. The van der Waals surface area contributed by atoms with Crippen LogP contribution in [0.1, 0.15) is 32.3 Å². The first-order valence-corrected chi connectivity index (χ1v) is 9.83. The van der Waals surface area contributed by atoms with Crippen LogP contribution in [-0.4, -0.2) is 39.5 Å². The Balaban J connectivity index is 1.74. The summed E-state index contributed by atoms with van der Waals surface area (Å²) in [5.74, 6) is 1.23.